The van der Waals surface area contributed by atoms with Gasteiger partial charge in [0.2, 0.25) is 12.2 Å². The smallest absolute Gasteiger partial charge is 0.284 e. The normalized spacial score (nSPS) is 13.5. The Hall–Kier alpha value is -1.82. The summed E-state index contributed by atoms with van der Waals surface area (Å²) in [5.74, 6) is -0.258. The van der Waals surface area contributed by atoms with Gasteiger partial charge >= 0.3 is 0 Å². The van der Waals surface area contributed by atoms with Crippen molar-refractivity contribution in [2.45, 2.75) is 11.4 Å². The first-order chi connectivity index (χ1) is 8.19. The first-order valence-corrected chi connectivity index (χ1v) is 5.96. The first kappa shape index (κ1) is 11.7. The van der Waals surface area contributed by atoms with E-state index < -0.39 is 5.91 Å². The van der Waals surface area contributed by atoms with E-state index in [9.17, 15) is 14.4 Å². The van der Waals surface area contributed by atoms with Gasteiger partial charge < -0.3 is 10.6 Å². The first-order valence-electron chi connectivity index (χ1n) is 4.97. The second kappa shape index (κ2) is 5.01. The van der Waals surface area contributed by atoms with E-state index in [-0.39, 0.29) is 18.7 Å². The summed E-state index contributed by atoms with van der Waals surface area (Å²) in [6, 6.07) is 5.54. The third-order valence-electron chi connectivity index (χ3n) is 2.25. The van der Waals surface area contributed by atoms with Crippen molar-refractivity contribution in [1.29, 1.82) is 0 Å². The van der Waals surface area contributed by atoms with Crippen molar-refractivity contribution < 1.29 is 14.4 Å². The van der Waals surface area contributed by atoms with E-state index in [1.807, 2.05) is 12.1 Å². The van der Waals surface area contributed by atoms with Crippen molar-refractivity contribution in [3.63, 3.8) is 0 Å². The molecule has 1 aromatic carbocycles. The minimum Gasteiger partial charge on any atom is -0.346 e. The topological polar surface area (TPSA) is 75.3 Å². The van der Waals surface area contributed by atoms with Gasteiger partial charge in [-0.3, -0.25) is 14.4 Å². The van der Waals surface area contributed by atoms with Crippen LogP contribution in [-0.4, -0.2) is 23.9 Å². The average Bonchev–Trinajstić information content (AvgIpc) is 2.35. The molecule has 88 valence electrons. The molecule has 0 radical (unpaired) electrons. The van der Waals surface area contributed by atoms with Crippen LogP contribution < -0.4 is 10.6 Å². The molecule has 0 saturated heterocycles. The van der Waals surface area contributed by atoms with Gasteiger partial charge in [0.1, 0.15) is 0 Å². The van der Waals surface area contributed by atoms with E-state index >= 15 is 0 Å². The van der Waals surface area contributed by atoms with Crippen molar-refractivity contribution in [2.75, 3.05) is 11.1 Å². The lowest BCUT2D eigenvalue weighted by Crippen LogP contribution is -2.24. The number of hydrogen-bond acceptors (Lipinski definition) is 4. The number of carbonyl (C=O) groups is 3. The van der Waals surface area contributed by atoms with Gasteiger partial charge in [0.15, 0.2) is 0 Å². The van der Waals surface area contributed by atoms with Crippen LogP contribution in [0.4, 0.5) is 5.69 Å². The monoisotopic (exact) mass is 250 g/mol. The van der Waals surface area contributed by atoms with Crippen LogP contribution in [0, 0.1) is 0 Å². The highest BCUT2D eigenvalue weighted by atomic mass is 32.2. The van der Waals surface area contributed by atoms with E-state index in [2.05, 4.69) is 10.6 Å². The summed E-state index contributed by atoms with van der Waals surface area (Å²) >= 11 is 1.48. The van der Waals surface area contributed by atoms with E-state index in [0.29, 0.717) is 5.75 Å². The van der Waals surface area contributed by atoms with Gasteiger partial charge in [-0.2, -0.15) is 0 Å². The molecular formula is C11H10N2O3S. The van der Waals surface area contributed by atoms with Gasteiger partial charge in [0, 0.05) is 11.4 Å². The summed E-state index contributed by atoms with van der Waals surface area (Å²) in [5.41, 5.74) is 1.59. The summed E-state index contributed by atoms with van der Waals surface area (Å²) in [7, 11) is 0. The maximum atomic E-state index is 11.2. The van der Waals surface area contributed by atoms with Crippen LogP contribution in [0.2, 0.25) is 0 Å². The Morgan fingerprint density at radius 1 is 1.53 bits per heavy atom. The van der Waals surface area contributed by atoms with Crippen LogP contribution >= 0.6 is 11.8 Å². The average molecular weight is 250 g/mol. The molecule has 0 unspecified atom stereocenters. The minimum atomic E-state index is -0.652. The highest BCUT2D eigenvalue weighted by molar-refractivity contribution is 8.00. The highest BCUT2D eigenvalue weighted by Gasteiger charge is 2.15. The van der Waals surface area contributed by atoms with Crippen molar-refractivity contribution in [2.24, 2.45) is 0 Å². The molecule has 0 bridgehead atoms. The van der Waals surface area contributed by atoms with Crippen molar-refractivity contribution >= 4 is 35.5 Å². The number of rotatable bonds is 3. The molecule has 0 atom stereocenters. The number of aldehydes is 1. The lowest BCUT2D eigenvalue weighted by molar-refractivity contribution is -0.131. The Labute approximate surface area is 102 Å². The van der Waals surface area contributed by atoms with Gasteiger partial charge in [-0.05, 0) is 17.7 Å². The molecule has 0 aromatic heterocycles. The van der Waals surface area contributed by atoms with Crippen LogP contribution in [0.15, 0.2) is 23.1 Å². The third-order valence-corrected chi connectivity index (χ3v) is 3.32. The van der Waals surface area contributed by atoms with Crippen molar-refractivity contribution in [3.05, 3.63) is 23.8 Å². The largest absolute Gasteiger partial charge is 0.346 e. The molecule has 0 spiro atoms. The lowest BCUT2D eigenvalue weighted by atomic mass is 10.2. The van der Waals surface area contributed by atoms with Gasteiger partial charge in [-0.15, -0.1) is 11.8 Å². The van der Waals surface area contributed by atoms with E-state index in [1.165, 1.54) is 11.8 Å². The molecule has 5 nitrogen and oxygen atoms in total. The number of thioether (sulfide) groups is 1. The summed E-state index contributed by atoms with van der Waals surface area (Å²) in [6.45, 7) is 0.269. The molecule has 1 aromatic rings. The van der Waals surface area contributed by atoms with Gasteiger partial charge in [0.25, 0.3) is 5.91 Å². The number of carbonyl (C=O) groups excluding carboxylic acids is 3. The molecular weight excluding hydrogens is 240 g/mol. The number of benzene rings is 1. The standard InChI is InChI=1S/C11H10N2O3S/c14-5-10(15)12-4-7-1-2-9-8(3-7)13-11(16)6-17-9/h1-3,5H,4,6H2,(H,12,15)(H,13,16). The van der Waals surface area contributed by atoms with Crippen LogP contribution in [-0.2, 0) is 20.9 Å². The Balaban J connectivity index is 2.10. The zero-order valence-electron chi connectivity index (χ0n) is 8.86. The fourth-order valence-electron chi connectivity index (χ4n) is 1.47. The molecule has 0 fully saturated rings. The number of amides is 2. The summed E-state index contributed by atoms with van der Waals surface area (Å²) < 4.78 is 0. The van der Waals surface area contributed by atoms with Crippen LogP contribution in [0.1, 0.15) is 5.56 Å². The molecule has 2 amide bonds. The van der Waals surface area contributed by atoms with Gasteiger partial charge in [-0.25, -0.2) is 0 Å². The Morgan fingerprint density at radius 2 is 2.35 bits per heavy atom. The van der Waals surface area contributed by atoms with Crippen molar-refractivity contribution in [3.8, 4) is 0 Å². The fraction of sp³-hybridized carbons (Fsp3) is 0.182. The predicted molar refractivity (Wildman–Crippen MR) is 63.7 cm³/mol. The van der Waals surface area contributed by atoms with Crippen LogP contribution in [0.5, 0.6) is 0 Å². The summed E-state index contributed by atoms with van der Waals surface area (Å²) in [6.07, 6.45) is 0.232. The molecule has 0 aliphatic carbocycles. The molecule has 1 aliphatic rings. The molecule has 2 N–H and O–H groups in total. The molecule has 17 heavy (non-hydrogen) atoms. The third kappa shape index (κ3) is 2.85. The highest BCUT2D eigenvalue weighted by Crippen LogP contribution is 2.31. The van der Waals surface area contributed by atoms with E-state index in [1.54, 1.807) is 6.07 Å². The number of fused-ring (bicyclic) bond motifs is 1. The quantitative estimate of drug-likeness (QED) is 0.606. The molecule has 6 heteroatoms. The second-order valence-electron chi connectivity index (χ2n) is 3.50. The molecule has 1 heterocycles. The summed E-state index contributed by atoms with van der Waals surface area (Å²) in [4.78, 5) is 33.1. The van der Waals surface area contributed by atoms with E-state index in [0.717, 1.165) is 16.1 Å². The molecule has 0 saturated carbocycles. The number of hydrogen-bond donors (Lipinski definition) is 2. The second-order valence-corrected chi connectivity index (χ2v) is 4.52. The van der Waals surface area contributed by atoms with Crippen LogP contribution in [0.25, 0.3) is 0 Å². The molecule has 1 aliphatic heterocycles. The maximum Gasteiger partial charge on any atom is 0.284 e. The maximum absolute atomic E-state index is 11.2. The molecule has 2 rings (SSSR count). The minimum absolute atomic E-state index is 0.0309. The number of anilines is 1. The van der Waals surface area contributed by atoms with Gasteiger partial charge in [0.05, 0.1) is 11.4 Å². The zero-order chi connectivity index (χ0) is 12.3. The fourth-order valence-corrected chi connectivity index (χ4v) is 2.26. The Kier molecular flexibility index (Phi) is 3.43. The zero-order valence-corrected chi connectivity index (χ0v) is 9.67. The lowest BCUT2D eigenvalue weighted by Gasteiger charge is -2.17. The van der Waals surface area contributed by atoms with Crippen molar-refractivity contribution in [1.82, 2.24) is 5.32 Å². The van der Waals surface area contributed by atoms with Gasteiger partial charge in [-0.1, -0.05) is 6.07 Å². The number of nitrogens with one attached hydrogen (secondary N) is 2. The van der Waals surface area contributed by atoms with Crippen LogP contribution in [0.3, 0.4) is 0 Å². The predicted octanol–water partition coefficient (Wildman–Crippen LogP) is 0.546. The van der Waals surface area contributed by atoms with E-state index in [4.69, 9.17) is 0 Å². The SMILES string of the molecule is O=CC(=O)NCc1ccc2c(c1)NC(=O)CS2. The Morgan fingerprint density at radius 3 is 3.12 bits per heavy atom. The Bertz CT molecular complexity index is 488. The summed E-state index contributed by atoms with van der Waals surface area (Å²) in [5, 5.41) is 5.20.